The minimum atomic E-state index is 0.173. The van der Waals surface area contributed by atoms with E-state index in [9.17, 15) is 0 Å². The molecule has 1 aliphatic carbocycles. The molecule has 1 aromatic heterocycles. The van der Waals surface area contributed by atoms with Crippen molar-refractivity contribution in [3.63, 3.8) is 0 Å². The predicted octanol–water partition coefficient (Wildman–Crippen LogP) is 2.67. The highest BCUT2D eigenvalue weighted by Gasteiger charge is 2.32. The maximum Gasteiger partial charge on any atom is 0.145 e. The molecule has 0 bridgehead atoms. The molecule has 3 nitrogen and oxygen atoms in total. The molecule has 4 heteroatoms. The van der Waals surface area contributed by atoms with Crippen LogP contribution in [-0.4, -0.2) is 10.5 Å². The summed E-state index contributed by atoms with van der Waals surface area (Å²) in [6.45, 7) is 2.19. The van der Waals surface area contributed by atoms with Gasteiger partial charge in [0.05, 0.1) is 16.9 Å². The molecule has 0 amide bonds. The Morgan fingerprint density at radius 3 is 2.79 bits per heavy atom. The molecule has 0 atom stereocenters. The van der Waals surface area contributed by atoms with Gasteiger partial charge in [-0.05, 0) is 32.3 Å². The molecule has 1 heterocycles. The highest BCUT2D eigenvalue weighted by atomic mass is 35.5. The van der Waals surface area contributed by atoms with Gasteiger partial charge in [0, 0.05) is 5.54 Å². The van der Waals surface area contributed by atoms with Crippen LogP contribution in [0.4, 0.5) is 11.5 Å². The fourth-order valence-corrected chi connectivity index (χ4v) is 1.88. The molecular formula is C10H14ClN3. The number of pyridine rings is 1. The second-order valence-corrected chi connectivity index (χ2v) is 4.55. The van der Waals surface area contributed by atoms with Crippen LogP contribution in [0, 0.1) is 0 Å². The van der Waals surface area contributed by atoms with E-state index < -0.39 is 0 Å². The average Bonchev–Trinajstić information content (AvgIpc) is 2.07. The van der Waals surface area contributed by atoms with Crippen LogP contribution in [0.5, 0.6) is 0 Å². The van der Waals surface area contributed by atoms with Gasteiger partial charge < -0.3 is 11.1 Å². The van der Waals surface area contributed by atoms with Crippen LogP contribution in [0.15, 0.2) is 12.3 Å². The number of halogens is 1. The van der Waals surface area contributed by atoms with E-state index >= 15 is 0 Å². The van der Waals surface area contributed by atoms with E-state index in [4.69, 9.17) is 17.3 Å². The number of nitrogens with zero attached hydrogens (tertiary/aromatic N) is 1. The summed E-state index contributed by atoms with van der Waals surface area (Å²) in [5.74, 6) is 0.739. The Morgan fingerprint density at radius 2 is 2.29 bits per heavy atom. The molecular weight excluding hydrogens is 198 g/mol. The number of hydrogen-bond donors (Lipinski definition) is 2. The van der Waals surface area contributed by atoms with Crippen LogP contribution in [0.3, 0.4) is 0 Å². The molecule has 0 spiro atoms. The van der Waals surface area contributed by atoms with Crippen molar-refractivity contribution in [1.82, 2.24) is 4.98 Å². The molecule has 0 aromatic carbocycles. The smallest absolute Gasteiger partial charge is 0.145 e. The van der Waals surface area contributed by atoms with Crippen molar-refractivity contribution in [3.8, 4) is 0 Å². The Labute approximate surface area is 88.7 Å². The molecule has 0 aliphatic heterocycles. The van der Waals surface area contributed by atoms with Crippen LogP contribution in [0.25, 0.3) is 0 Å². The van der Waals surface area contributed by atoms with Crippen molar-refractivity contribution in [3.05, 3.63) is 17.3 Å². The molecule has 76 valence electrons. The van der Waals surface area contributed by atoms with Crippen molar-refractivity contribution in [2.24, 2.45) is 0 Å². The van der Waals surface area contributed by atoms with E-state index in [1.54, 1.807) is 12.3 Å². The van der Waals surface area contributed by atoms with Gasteiger partial charge in [0.2, 0.25) is 0 Å². The van der Waals surface area contributed by atoms with Crippen molar-refractivity contribution < 1.29 is 0 Å². The molecule has 1 saturated carbocycles. The fourth-order valence-electron chi connectivity index (χ4n) is 1.66. The first kappa shape index (κ1) is 9.59. The van der Waals surface area contributed by atoms with Gasteiger partial charge >= 0.3 is 0 Å². The zero-order valence-corrected chi connectivity index (χ0v) is 8.93. The normalized spacial score (nSPS) is 18.7. The molecule has 2 rings (SSSR count). The molecule has 0 saturated heterocycles. The highest BCUT2D eigenvalue weighted by Crippen LogP contribution is 2.36. The van der Waals surface area contributed by atoms with E-state index in [-0.39, 0.29) is 5.54 Å². The predicted molar refractivity (Wildman–Crippen MR) is 59.5 cm³/mol. The first-order chi connectivity index (χ1) is 6.59. The van der Waals surface area contributed by atoms with Gasteiger partial charge in [-0.3, -0.25) is 0 Å². The van der Waals surface area contributed by atoms with Crippen LogP contribution >= 0.6 is 11.6 Å². The molecule has 14 heavy (non-hydrogen) atoms. The first-order valence-electron chi connectivity index (χ1n) is 4.78. The number of nitrogens with two attached hydrogens (primary N) is 1. The summed E-state index contributed by atoms with van der Waals surface area (Å²) in [4.78, 5) is 4.18. The number of hydrogen-bond acceptors (Lipinski definition) is 3. The van der Waals surface area contributed by atoms with E-state index in [0.29, 0.717) is 10.7 Å². The Kier molecular flexibility index (Phi) is 2.27. The Hall–Kier alpha value is -0.960. The largest absolute Gasteiger partial charge is 0.397 e. The molecule has 0 unspecified atom stereocenters. The van der Waals surface area contributed by atoms with Crippen molar-refractivity contribution in [2.75, 3.05) is 11.1 Å². The molecule has 0 radical (unpaired) electrons. The fraction of sp³-hybridized carbons (Fsp3) is 0.500. The van der Waals surface area contributed by atoms with E-state index in [2.05, 4.69) is 17.2 Å². The Balaban J connectivity index is 2.16. The summed E-state index contributed by atoms with van der Waals surface area (Å²) in [7, 11) is 0. The minimum Gasteiger partial charge on any atom is -0.397 e. The second-order valence-electron chi connectivity index (χ2n) is 4.14. The quantitative estimate of drug-likeness (QED) is 0.791. The maximum atomic E-state index is 6.01. The van der Waals surface area contributed by atoms with Crippen molar-refractivity contribution in [2.45, 2.75) is 31.7 Å². The maximum absolute atomic E-state index is 6.01. The molecule has 3 N–H and O–H groups in total. The summed E-state index contributed by atoms with van der Waals surface area (Å²) in [6, 6.07) is 1.72. The Morgan fingerprint density at radius 1 is 1.57 bits per heavy atom. The monoisotopic (exact) mass is 211 g/mol. The van der Waals surface area contributed by atoms with Crippen molar-refractivity contribution >= 4 is 23.1 Å². The summed E-state index contributed by atoms with van der Waals surface area (Å²) in [6.07, 6.45) is 5.25. The third-order valence-electron chi connectivity index (χ3n) is 2.74. The minimum absolute atomic E-state index is 0.173. The van der Waals surface area contributed by atoms with Crippen LogP contribution in [0.2, 0.25) is 5.02 Å². The SMILES string of the molecule is CC1(Nc2ncc(N)cc2Cl)CCC1. The lowest BCUT2D eigenvalue weighted by atomic mass is 9.78. The van der Waals surface area contributed by atoms with Gasteiger partial charge in [-0.15, -0.1) is 0 Å². The van der Waals surface area contributed by atoms with E-state index in [1.165, 1.54) is 19.3 Å². The lowest BCUT2D eigenvalue weighted by Gasteiger charge is -2.39. The van der Waals surface area contributed by atoms with Crippen LogP contribution < -0.4 is 11.1 Å². The van der Waals surface area contributed by atoms with Gasteiger partial charge in [0.25, 0.3) is 0 Å². The van der Waals surface area contributed by atoms with Gasteiger partial charge in [-0.1, -0.05) is 11.6 Å². The standard InChI is InChI=1S/C10H14ClN3/c1-10(3-2-4-10)14-9-8(11)5-7(12)6-13-9/h5-6H,2-4,12H2,1H3,(H,13,14). The number of rotatable bonds is 2. The summed E-state index contributed by atoms with van der Waals surface area (Å²) < 4.78 is 0. The highest BCUT2D eigenvalue weighted by molar-refractivity contribution is 6.33. The van der Waals surface area contributed by atoms with Gasteiger partial charge in [-0.25, -0.2) is 4.98 Å². The third-order valence-corrected chi connectivity index (χ3v) is 3.03. The van der Waals surface area contributed by atoms with E-state index in [1.807, 2.05) is 0 Å². The zero-order valence-electron chi connectivity index (χ0n) is 8.18. The van der Waals surface area contributed by atoms with Gasteiger partial charge in [-0.2, -0.15) is 0 Å². The second kappa shape index (κ2) is 3.31. The zero-order chi connectivity index (χ0) is 10.2. The number of aromatic nitrogens is 1. The Bertz CT molecular complexity index is 347. The molecule has 1 aliphatic rings. The molecule has 1 fully saturated rings. The number of nitrogen functional groups attached to an aromatic ring is 1. The van der Waals surface area contributed by atoms with Gasteiger partial charge in [0.1, 0.15) is 5.82 Å². The summed E-state index contributed by atoms with van der Waals surface area (Å²) in [5, 5.41) is 3.95. The van der Waals surface area contributed by atoms with Crippen LogP contribution in [-0.2, 0) is 0 Å². The van der Waals surface area contributed by atoms with Crippen molar-refractivity contribution in [1.29, 1.82) is 0 Å². The van der Waals surface area contributed by atoms with E-state index in [0.717, 1.165) is 5.82 Å². The number of nitrogens with one attached hydrogen (secondary N) is 1. The van der Waals surface area contributed by atoms with Gasteiger partial charge in [0.15, 0.2) is 0 Å². The summed E-state index contributed by atoms with van der Waals surface area (Å²) >= 11 is 6.01. The topological polar surface area (TPSA) is 50.9 Å². The van der Waals surface area contributed by atoms with Crippen LogP contribution in [0.1, 0.15) is 26.2 Å². The first-order valence-corrected chi connectivity index (χ1v) is 5.16. The lowest BCUT2D eigenvalue weighted by molar-refractivity contribution is 0.306. The third kappa shape index (κ3) is 1.77. The summed E-state index contributed by atoms with van der Waals surface area (Å²) in [5.41, 5.74) is 6.33. The number of anilines is 2. The average molecular weight is 212 g/mol. The molecule has 1 aromatic rings. The lowest BCUT2D eigenvalue weighted by Crippen LogP contribution is -2.41.